The van der Waals surface area contributed by atoms with Crippen LogP contribution in [-0.4, -0.2) is 69.1 Å². The van der Waals surface area contributed by atoms with Crippen LogP contribution in [0.3, 0.4) is 0 Å². The topological polar surface area (TPSA) is 83.0 Å². The van der Waals surface area contributed by atoms with Gasteiger partial charge in [0.15, 0.2) is 5.96 Å². The summed E-state index contributed by atoms with van der Waals surface area (Å²) >= 11 is 0. The largest absolute Gasteiger partial charge is 0.511 e. The summed E-state index contributed by atoms with van der Waals surface area (Å²) in [6.45, 7) is 6.35. The number of alkyl halides is 3. The smallest absolute Gasteiger partial charge is 0.377 e. The number of aliphatic imine (C=N–C) groups is 1. The Morgan fingerprint density at radius 1 is 1.27 bits per heavy atom. The summed E-state index contributed by atoms with van der Waals surface area (Å²) < 4.78 is 66.4. The van der Waals surface area contributed by atoms with Gasteiger partial charge in [-0.15, -0.1) is 24.0 Å². The van der Waals surface area contributed by atoms with Crippen molar-refractivity contribution in [1.82, 2.24) is 14.9 Å². The van der Waals surface area contributed by atoms with Gasteiger partial charge in [-0.1, -0.05) is 0 Å². The lowest BCUT2D eigenvalue weighted by atomic mass is 10.1. The fraction of sp³-hybridized carbons (Fsp3) is 0.929. The second kappa shape index (κ2) is 10.3. The van der Waals surface area contributed by atoms with Gasteiger partial charge in [0.1, 0.15) is 0 Å². The van der Waals surface area contributed by atoms with E-state index < -0.39 is 21.1 Å². The predicted octanol–water partition coefficient (Wildman–Crippen LogP) is 1.90. The second-order valence-corrected chi connectivity index (χ2v) is 8.36. The van der Waals surface area contributed by atoms with E-state index in [4.69, 9.17) is 4.74 Å². The fourth-order valence-electron chi connectivity index (χ4n) is 2.23. The van der Waals surface area contributed by atoms with Crippen LogP contribution >= 0.6 is 24.0 Å². The van der Waals surface area contributed by atoms with Crippen molar-refractivity contribution >= 4 is 40.0 Å². The molecule has 0 aromatic heterocycles. The number of halogens is 4. The van der Waals surface area contributed by atoms with Gasteiger partial charge in [0.2, 0.25) is 0 Å². The lowest BCUT2D eigenvalue weighted by molar-refractivity contribution is -0.0494. The van der Waals surface area contributed by atoms with Gasteiger partial charge in [-0.05, 0) is 33.6 Å². The van der Waals surface area contributed by atoms with Gasteiger partial charge in [-0.2, -0.15) is 17.5 Å². The molecule has 0 amide bonds. The van der Waals surface area contributed by atoms with E-state index >= 15 is 0 Å². The highest BCUT2D eigenvalue weighted by atomic mass is 127. The molecule has 1 heterocycles. The summed E-state index contributed by atoms with van der Waals surface area (Å²) in [5.41, 5.74) is -5.69. The highest BCUT2D eigenvalue weighted by Crippen LogP contribution is 2.28. The third-order valence-corrected chi connectivity index (χ3v) is 5.57. The Hall–Kier alpha value is -0.340. The molecule has 0 aromatic rings. The first-order valence-corrected chi connectivity index (χ1v) is 9.53. The zero-order valence-corrected chi connectivity index (χ0v) is 18.5. The standard InChI is InChI=1S/C14H27F3N4O3S.HI/c1-5-18-12(19-10-13(2,3)24-4)20-11-6-8-21(9-7-11)25(22,23)14(15,16)17;/h11H,5-10H2,1-4H3,(H2,18,19,20);1H. The van der Waals surface area contributed by atoms with Crippen molar-refractivity contribution in [3.8, 4) is 0 Å². The van der Waals surface area contributed by atoms with Gasteiger partial charge in [0.25, 0.3) is 0 Å². The van der Waals surface area contributed by atoms with Crippen LogP contribution in [0.1, 0.15) is 33.6 Å². The van der Waals surface area contributed by atoms with Crippen molar-refractivity contribution in [3.63, 3.8) is 0 Å². The second-order valence-electron chi connectivity index (χ2n) is 6.43. The first-order chi connectivity index (χ1) is 11.4. The van der Waals surface area contributed by atoms with Gasteiger partial charge in [-0.3, -0.25) is 4.99 Å². The molecule has 0 aliphatic carbocycles. The molecule has 0 unspecified atom stereocenters. The highest BCUT2D eigenvalue weighted by Gasteiger charge is 2.50. The molecule has 7 nitrogen and oxygen atoms in total. The third-order valence-electron chi connectivity index (χ3n) is 3.94. The van der Waals surface area contributed by atoms with Crippen molar-refractivity contribution in [1.29, 1.82) is 0 Å². The molecule has 0 radical (unpaired) electrons. The molecule has 0 aromatic carbocycles. The number of sulfonamides is 1. The lowest BCUT2D eigenvalue weighted by Crippen LogP contribution is -2.51. The Bertz CT molecular complexity index is 562. The fourth-order valence-corrected chi connectivity index (χ4v) is 3.22. The molecule has 1 fully saturated rings. The summed E-state index contributed by atoms with van der Waals surface area (Å²) in [6, 6.07) is -0.150. The molecule has 1 saturated heterocycles. The molecule has 1 aliphatic heterocycles. The van der Waals surface area contributed by atoms with Gasteiger partial charge < -0.3 is 15.4 Å². The van der Waals surface area contributed by atoms with Crippen molar-refractivity contribution in [2.24, 2.45) is 4.99 Å². The lowest BCUT2D eigenvalue weighted by Gasteiger charge is -2.32. The molecule has 26 heavy (non-hydrogen) atoms. The zero-order chi connectivity index (χ0) is 19.3. The average molecular weight is 516 g/mol. The van der Waals surface area contributed by atoms with Crippen LogP contribution in [0.4, 0.5) is 13.2 Å². The van der Waals surface area contributed by atoms with Gasteiger partial charge >= 0.3 is 15.5 Å². The molecule has 1 rings (SSSR count). The molecular formula is C14H28F3IN4O3S. The van der Waals surface area contributed by atoms with Crippen molar-refractivity contribution < 1.29 is 26.3 Å². The Kier molecular flexibility index (Phi) is 10.1. The van der Waals surface area contributed by atoms with Crippen LogP contribution in [0.5, 0.6) is 0 Å². The SMILES string of the molecule is CCNC(=NCC(C)(C)OC)NC1CCN(S(=O)(=O)C(F)(F)F)CC1.I. The molecule has 156 valence electrons. The van der Waals surface area contributed by atoms with E-state index in [-0.39, 0.29) is 55.9 Å². The van der Waals surface area contributed by atoms with Crippen LogP contribution in [-0.2, 0) is 14.8 Å². The normalized spacial score (nSPS) is 18.3. The molecular weight excluding hydrogens is 488 g/mol. The molecule has 0 bridgehead atoms. The number of nitrogens with one attached hydrogen (secondary N) is 2. The number of hydrogen-bond acceptors (Lipinski definition) is 4. The van der Waals surface area contributed by atoms with E-state index in [1.165, 1.54) is 0 Å². The molecule has 2 N–H and O–H groups in total. The predicted molar refractivity (Wildman–Crippen MR) is 105 cm³/mol. The average Bonchev–Trinajstić information content (AvgIpc) is 2.52. The monoisotopic (exact) mass is 516 g/mol. The maximum absolute atomic E-state index is 12.6. The van der Waals surface area contributed by atoms with Crippen LogP contribution in [0.15, 0.2) is 4.99 Å². The van der Waals surface area contributed by atoms with E-state index in [2.05, 4.69) is 15.6 Å². The van der Waals surface area contributed by atoms with Crippen LogP contribution in [0.25, 0.3) is 0 Å². The Balaban J connectivity index is 0.00000625. The van der Waals surface area contributed by atoms with Crippen molar-refractivity contribution in [3.05, 3.63) is 0 Å². The highest BCUT2D eigenvalue weighted by molar-refractivity contribution is 14.0. The summed E-state index contributed by atoms with van der Waals surface area (Å²) in [7, 11) is -3.66. The maximum Gasteiger partial charge on any atom is 0.511 e. The zero-order valence-electron chi connectivity index (χ0n) is 15.4. The quantitative estimate of drug-likeness (QED) is 0.320. The first-order valence-electron chi connectivity index (χ1n) is 8.09. The molecule has 12 heteroatoms. The minimum absolute atomic E-state index is 0. The number of nitrogens with zero attached hydrogens (tertiary/aromatic N) is 2. The van der Waals surface area contributed by atoms with Crippen LogP contribution in [0, 0.1) is 0 Å². The first kappa shape index (κ1) is 25.7. The number of hydrogen-bond donors (Lipinski definition) is 2. The van der Waals surface area contributed by atoms with E-state index in [0.29, 0.717) is 23.4 Å². The number of piperidine rings is 1. The Morgan fingerprint density at radius 2 is 1.81 bits per heavy atom. The summed E-state index contributed by atoms with van der Waals surface area (Å²) in [6.07, 6.45) is 0.542. The Labute approximate surface area is 170 Å². The number of rotatable bonds is 6. The molecule has 0 atom stereocenters. The number of guanidine groups is 1. The van der Waals surface area contributed by atoms with E-state index in [1.54, 1.807) is 7.11 Å². The Morgan fingerprint density at radius 3 is 2.23 bits per heavy atom. The molecule has 1 aliphatic rings. The van der Waals surface area contributed by atoms with E-state index in [1.807, 2.05) is 20.8 Å². The molecule has 0 spiro atoms. The van der Waals surface area contributed by atoms with E-state index in [0.717, 1.165) is 0 Å². The maximum atomic E-state index is 12.6. The van der Waals surface area contributed by atoms with Crippen molar-refractivity contribution in [2.75, 3.05) is 33.3 Å². The van der Waals surface area contributed by atoms with Gasteiger partial charge in [-0.25, -0.2) is 8.42 Å². The summed E-state index contributed by atoms with van der Waals surface area (Å²) in [5, 5.41) is 6.21. The molecule has 0 saturated carbocycles. The summed E-state index contributed by atoms with van der Waals surface area (Å²) in [4.78, 5) is 4.41. The minimum Gasteiger partial charge on any atom is -0.377 e. The number of methoxy groups -OCH3 is 1. The van der Waals surface area contributed by atoms with Crippen LogP contribution in [0.2, 0.25) is 0 Å². The minimum atomic E-state index is -5.25. The third kappa shape index (κ3) is 7.35. The number of ether oxygens (including phenoxy) is 1. The van der Waals surface area contributed by atoms with Gasteiger partial charge in [0, 0.05) is 32.8 Å². The summed E-state index contributed by atoms with van der Waals surface area (Å²) in [5.74, 6) is 0.532. The van der Waals surface area contributed by atoms with Crippen molar-refractivity contribution in [2.45, 2.75) is 50.8 Å². The van der Waals surface area contributed by atoms with Crippen LogP contribution < -0.4 is 10.6 Å². The van der Waals surface area contributed by atoms with Gasteiger partial charge in [0.05, 0.1) is 12.1 Å². The van der Waals surface area contributed by atoms with E-state index in [9.17, 15) is 21.6 Å².